The molecule has 2 rings (SSSR count). The van der Waals surface area contributed by atoms with Gasteiger partial charge in [0.2, 0.25) is 0 Å². The van der Waals surface area contributed by atoms with E-state index in [0.717, 1.165) is 18.2 Å². The molecule has 2 N–H and O–H groups in total. The van der Waals surface area contributed by atoms with Gasteiger partial charge in [-0.1, -0.05) is 6.92 Å². The first-order valence-electron chi connectivity index (χ1n) is 5.29. The lowest BCUT2D eigenvalue weighted by molar-refractivity contribution is 0.431. The number of thiazole rings is 1. The SMILES string of the molecule is Cc1csc(C2(CN)CCC(C)C2)n1. The lowest BCUT2D eigenvalue weighted by Crippen LogP contribution is -2.32. The minimum Gasteiger partial charge on any atom is -0.329 e. The van der Waals surface area contributed by atoms with Gasteiger partial charge in [0.1, 0.15) is 5.01 Å². The van der Waals surface area contributed by atoms with Crippen LogP contribution in [0.2, 0.25) is 0 Å². The predicted molar refractivity (Wildman–Crippen MR) is 60.6 cm³/mol. The average Bonchev–Trinajstić information content (AvgIpc) is 2.73. The van der Waals surface area contributed by atoms with Crippen molar-refractivity contribution < 1.29 is 0 Å². The number of aryl methyl sites for hydroxylation is 1. The second-order valence-electron chi connectivity index (χ2n) is 4.63. The summed E-state index contributed by atoms with van der Waals surface area (Å²) in [6.07, 6.45) is 3.74. The number of hydrogen-bond donors (Lipinski definition) is 1. The Hall–Kier alpha value is -0.410. The highest BCUT2D eigenvalue weighted by Gasteiger charge is 2.39. The van der Waals surface area contributed by atoms with Crippen LogP contribution in [0.25, 0.3) is 0 Å². The summed E-state index contributed by atoms with van der Waals surface area (Å²) in [7, 11) is 0. The van der Waals surface area contributed by atoms with Crippen molar-refractivity contribution in [3.63, 3.8) is 0 Å². The summed E-state index contributed by atoms with van der Waals surface area (Å²) in [6.45, 7) is 5.13. The molecule has 0 amide bonds. The largest absolute Gasteiger partial charge is 0.329 e. The van der Waals surface area contributed by atoms with E-state index in [9.17, 15) is 0 Å². The molecule has 3 heteroatoms. The molecule has 1 saturated carbocycles. The van der Waals surface area contributed by atoms with Crippen molar-refractivity contribution in [3.05, 3.63) is 16.1 Å². The van der Waals surface area contributed by atoms with E-state index in [1.807, 2.05) is 0 Å². The van der Waals surface area contributed by atoms with Crippen molar-refractivity contribution in [2.45, 2.75) is 38.5 Å². The normalized spacial score (nSPS) is 32.4. The quantitative estimate of drug-likeness (QED) is 0.814. The fourth-order valence-corrected chi connectivity index (χ4v) is 3.51. The third-order valence-corrected chi connectivity index (χ3v) is 4.52. The maximum absolute atomic E-state index is 5.94. The number of hydrogen-bond acceptors (Lipinski definition) is 3. The minimum absolute atomic E-state index is 0.207. The third-order valence-electron chi connectivity index (χ3n) is 3.32. The van der Waals surface area contributed by atoms with Gasteiger partial charge >= 0.3 is 0 Å². The van der Waals surface area contributed by atoms with Gasteiger partial charge in [0.25, 0.3) is 0 Å². The molecule has 1 aromatic rings. The van der Waals surface area contributed by atoms with Crippen molar-refractivity contribution in [3.8, 4) is 0 Å². The highest BCUT2D eigenvalue weighted by molar-refractivity contribution is 7.09. The van der Waals surface area contributed by atoms with Gasteiger partial charge in [-0.05, 0) is 32.1 Å². The first kappa shape index (κ1) is 10.1. The highest BCUT2D eigenvalue weighted by atomic mass is 32.1. The van der Waals surface area contributed by atoms with Crippen LogP contribution >= 0.6 is 11.3 Å². The molecular formula is C11H18N2S. The van der Waals surface area contributed by atoms with E-state index in [-0.39, 0.29) is 5.41 Å². The van der Waals surface area contributed by atoms with E-state index in [2.05, 4.69) is 24.2 Å². The van der Waals surface area contributed by atoms with Crippen LogP contribution in [-0.4, -0.2) is 11.5 Å². The second kappa shape index (κ2) is 3.63. The molecule has 1 aliphatic carbocycles. The van der Waals surface area contributed by atoms with Crippen LogP contribution in [0, 0.1) is 12.8 Å². The second-order valence-corrected chi connectivity index (χ2v) is 5.48. The van der Waals surface area contributed by atoms with Crippen LogP contribution in [0.4, 0.5) is 0 Å². The van der Waals surface area contributed by atoms with E-state index in [0.29, 0.717) is 0 Å². The zero-order chi connectivity index (χ0) is 10.2. The molecule has 1 fully saturated rings. The van der Waals surface area contributed by atoms with Crippen molar-refractivity contribution in [2.75, 3.05) is 6.54 Å². The molecule has 1 aliphatic rings. The first-order chi connectivity index (χ1) is 6.66. The number of rotatable bonds is 2. The molecule has 14 heavy (non-hydrogen) atoms. The fraction of sp³-hybridized carbons (Fsp3) is 0.727. The van der Waals surface area contributed by atoms with E-state index in [1.54, 1.807) is 11.3 Å². The topological polar surface area (TPSA) is 38.9 Å². The average molecular weight is 210 g/mol. The van der Waals surface area contributed by atoms with Gasteiger partial charge < -0.3 is 5.73 Å². The van der Waals surface area contributed by atoms with Gasteiger partial charge in [-0.2, -0.15) is 0 Å². The van der Waals surface area contributed by atoms with E-state index >= 15 is 0 Å². The lowest BCUT2D eigenvalue weighted by atomic mass is 9.86. The zero-order valence-electron chi connectivity index (χ0n) is 8.92. The summed E-state index contributed by atoms with van der Waals surface area (Å²) in [5.41, 5.74) is 7.28. The Balaban J connectivity index is 2.29. The third kappa shape index (κ3) is 1.59. The zero-order valence-corrected chi connectivity index (χ0v) is 9.73. The molecular weight excluding hydrogens is 192 g/mol. The summed E-state index contributed by atoms with van der Waals surface area (Å²) >= 11 is 1.78. The van der Waals surface area contributed by atoms with Gasteiger partial charge in [0.05, 0.1) is 0 Å². The standard InChI is InChI=1S/C11H18N2S/c1-8-3-4-11(5-8,7-12)10-13-9(2)6-14-10/h6,8H,3-5,7,12H2,1-2H3. The fourth-order valence-electron chi connectivity index (χ4n) is 2.46. The molecule has 1 heterocycles. The monoisotopic (exact) mass is 210 g/mol. The highest BCUT2D eigenvalue weighted by Crippen LogP contribution is 2.44. The van der Waals surface area contributed by atoms with Crippen LogP contribution in [0.5, 0.6) is 0 Å². The van der Waals surface area contributed by atoms with Crippen molar-refractivity contribution >= 4 is 11.3 Å². The Bertz CT molecular complexity index is 321. The van der Waals surface area contributed by atoms with E-state index in [1.165, 1.54) is 24.3 Å². The molecule has 2 atom stereocenters. The number of nitrogens with two attached hydrogens (primary N) is 1. The summed E-state index contributed by atoms with van der Waals surface area (Å²) in [5, 5.41) is 3.40. The van der Waals surface area contributed by atoms with Gasteiger partial charge in [-0.15, -0.1) is 11.3 Å². The molecule has 0 saturated heterocycles. The van der Waals surface area contributed by atoms with Crippen LogP contribution in [-0.2, 0) is 5.41 Å². The van der Waals surface area contributed by atoms with Crippen molar-refractivity contribution in [1.82, 2.24) is 4.98 Å². The van der Waals surface area contributed by atoms with Crippen molar-refractivity contribution in [2.24, 2.45) is 11.7 Å². The molecule has 2 nitrogen and oxygen atoms in total. The Labute approximate surface area is 89.5 Å². The lowest BCUT2D eigenvalue weighted by Gasteiger charge is -2.24. The Kier molecular flexibility index (Phi) is 2.62. The Morgan fingerprint density at radius 1 is 1.71 bits per heavy atom. The summed E-state index contributed by atoms with van der Waals surface area (Å²) < 4.78 is 0. The number of aromatic nitrogens is 1. The summed E-state index contributed by atoms with van der Waals surface area (Å²) in [4.78, 5) is 4.61. The van der Waals surface area contributed by atoms with Crippen molar-refractivity contribution in [1.29, 1.82) is 0 Å². The van der Waals surface area contributed by atoms with Gasteiger partial charge in [-0.3, -0.25) is 0 Å². The van der Waals surface area contributed by atoms with Gasteiger partial charge in [0.15, 0.2) is 0 Å². The molecule has 0 aromatic carbocycles. The first-order valence-corrected chi connectivity index (χ1v) is 6.17. The molecule has 78 valence electrons. The molecule has 0 aliphatic heterocycles. The van der Waals surface area contributed by atoms with Gasteiger partial charge in [-0.25, -0.2) is 4.98 Å². The minimum atomic E-state index is 0.207. The molecule has 1 aromatic heterocycles. The summed E-state index contributed by atoms with van der Waals surface area (Å²) in [6, 6.07) is 0. The predicted octanol–water partition coefficient (Wildman–Crippen LogP) is 2.47. The van der Waals surface area contributed by atoms with Crippen LogP contribution in [0.15, 0.2) is 5.38 Å². The summed E-state index contributed by atoms with van der Waals surface area (Å²) in [5.74, 6) is 0.808. The maximum Gasteiger partial charge on any atom is 0.100 e. The molecule has 0 spiro atoms. The molecule has 0 radical (unpaired) electrons. The Morgan fingerprint density at radius 2 is 2.50 bits per heavy atom. The van der Waals surface area contributed by atoms with Crippen LogP contribution in [0.1, 0.15) is 36.9 Å². The van der Waals surface area contributed by atoms with E-state index < -0.39 is 0 Å². The van der Waals surface area contributed by atoms with Crippen LogP contribution < -0.4 is 5.73 Å². The number of nitrogens with zero attached hydrogens (tertiary/aromatic N) is 1. The molecule has 0 bridgehead atoms. The smallest absolute Gasteiger partial charge is 0.100 e. The maximum atomic E-state index is 5.94. The van der Waals surface area contributed by atoms with E-state index in [4.69, 9.17) is 5.73 Å². The molecule has 2 unspecified atom stereocenters. The van der Waals surface area contributed by atoms with Crippen LogP contribution in [0.3, 0.4) is 0 Å². The van der Waals surface area contributed by atoms with Gasteiger partial charge in [0, 0.05) is 23.0 Å². The Morgan fingerprint density at radius 3 is 2.93 bits per heavy atom.